The van der Waals surface area contributed by atoms with Gasteiger partial charge in [-0.2, -0.15) is 0 Å². The first-order valence-corrected chi connectivity index (χ1v) is 6.25. The molecule has 0 unspecified atom stereocenters. The Morgan fingerprint density at radius 1 is 0.650 bits per heavy atom. The van der Waals surface area contributed by atoms with Crippen molar-refractivity contribution in [2.24, 2.45) is 11.5 Å². The van der Waals surface area contributed by atoms with Gasteiger partial charge in [-0.25, -0.2) is 0 Å². The molecule has 4 nitrogen and oxygen atoms in total. The van der Waals surface area contributed by atoms with E-state index in [9.17, 15) is 9.59 Å². The molecule has 0 amide bonds. The molecule has 0 saturated carbocycles. The Morgan fingerprint density at radius 2 is 0.950 bits per heavy atom. The topological polar surface area (TPSA) is 86.2 Å². The van der Waals surface area contributed by atoms with Gasteiger partial charge in [0.15, 0.2) is 11.6 Å². The van der Waals surface area contributed by atoms with Gasteiger partial charge in [0.2, 0.25) is 0 Å². The third-order valence-electron chi connectivity index (χ3n) is 2.56. The number of carbonyl (C=O) groups is 2. The standard InChI is InChI=1S/2C8H9NO/c2*9-6-8(10)7-4-2-1-3-5-7/h2*1-5H,6,9H2. The van der Waals surface area contributed by atoms with Crippen molar-refractivity contribution >= 4 is 11.6 Å². The lowest BCUT2D eigenvalue weighted by Crippen LogP contribution is -2.12. The molecule has 2 rings (SSSR count). The second-order valence-electron chi connectivity index (χ2n) is 3.99. The molecule has 4 N–H and O–H groups in total. The Bertz CT molecular complexity index is 487. The summed E-state index contributed by atoms with van der Waals surface area (Å²) in [5.41, 5.74) is 11.7. The fourth-order valence-electron chi connectivity index (χ4n) is 1.48. The quantitative estimate of drug-likeness (QED) is 0.827. The normalized spacial score (nSPS) is 9.30. The zero-order valence-corrected chi connectivity index (χ0v) is 11.2. The first-order valence-electron chi connectivity index (χ1n) is 6.25. The van der Waals surface area contributed by atoms with Crippen molar-refractivity contribution in [2.75, 3.05) is 13.1 Å². The van der Waals surface area contributed by atoms with Crippen LogP contribution in [0.5, 0.6) is 0 Å². The van der Waals surface area contributed by atoms with Crippen LogP contribution in [0, 0.1) is 0 Å². The minimum atomic E-state index is -0.0133. The van der Waals surface area contributed by atoms with E-state index < -0.39 is 0 Å². The summed E-state index contributed by atoms with van der Waals surface area (Å²) in [7, 11) is 0. The fourth-order valence-corrected chi connectivity index (χ4v) is 1.48. The number of ketones is 2. The van der Waals surface area contributed by atoms with E-state index in [4.69, 9.17) is 11.5 Å². The highest BCUT2D eigenvalue weighted by molar-refractivity contribution is 5.97. The highest BCUT2D eigenvalue weighted by Gasteiger charge is 1.99. The van der Waals surface area contributed by atoms with Crippen LogP contribution in [0.4, 0.5) is 0 Å². The summed E-state index contributed by atoms with van der Waals surface area (Å²) >= 11 is 0. The third kappa shape index (κ3) is 5.14. The first-order chi connectivity index (χ1) is 9.69. The van der Waals surface area contributed by atoms with E-state index in [2.05, 4.69) is 0 Å². The van der Waals surface area contributed by atoms with Crippen LogP contribution in [0.25, 0.3) is 0 Å². The zero-order valence-electron chi connectivity index (χ0n) is 11.2. The van der Waals surface area contributed by atoms with Crippen molar-refractivity contribution in [3.8, 4) is 0 Å². The van der Waals surface area contributed by atoms with Crippen molar-refractivity contribution in [1.82, 2.24) is 0 Å². The molecule has 0 radical (unpaired) electrons. The fraction of sp³-hybridized carbons (Fsp3) is 0.125. The smallest absolute Gasteiger partial charge is 0.176 e. The number of hydrogen-bond acceptors (Lipinski definition) is 4. The van der Waals surface area contributed by atoms with Crippen LogP contribution in [0.1, 0.15) is 20.7 Å². The van der Waals surface area contributed by atoms with Crippen LogP contribution in [-0.2, 0) is 0 Å². The van der Waals surface area contributed by atoms with Crippen molar-refractivity contribution < 1.29 is 9.59 Å². The molecule has 4 heteroatoms. The van der Waals surface area contributed by atoms with Crippen molar-refractivity contribution in [2.45, 2.75) is 0 Å². The summed E-state index contributed by atoms with van der Waals surface area (Å²) in [6.45, 7) is 0.175. The Hall–Kier alpha value is -2.30. The van der Waals surface area contributed by atoms with Crippen LogP contribution in [0.3, 0.4) is 0 Å². The number of rotatable bonds is 4. The van der Waals surface area contributed by atoms with Crippen LogP contribution >= 0.6 is 0 Å². The van der Waals surface area contributed by atoms with Gasteiger partial charge in [-0.05, 0) is 0 Å². The second kappa shape index (κ2) is 8.74. The maximum Gasteiger partial charge on any atom is 0.176 e. The zero-order chi connectivity index (χ0) is 14.8. The Labute approximate surface area is 118 Å². The average molecular weight is 270 g/mol. The van der Waals surface area contributed by atoms with Gasteiger partial charge in [0.25, 0.3) is 0 Å². The van der Waals surface area contributed by atoms with E-state index in [1.165, 1.54) is 0 Å². The second-order valence-corrected chi connectivity index (χ2v) is 3.99. The van der Waals surface area contributed by atoms with Gasteiger partial charge in [0.05, 0.1) is 13.1 Å². The summed E-state index contributed by atoms with van der Waals surface area (Å²) in [4.78, 5) is 21.8. The van der Waals surface area contributed by atoms with Crippen LogP contribution in [-0.4, -0.2) is 24.7 Å². The van der Waals surface area contributed by atoms with E-state index in [-0.39, 0.29) is 24.7 Å². The molecule has 0 aliphatic rings. The van der Waals surface area contributed by atoms with Gasteiger partial charge >= 0.3 is 0 Å². The lowest BCUT2D eigenvalue weighted by molar-refractivity contribution is 0.0993. The Balaban J connectivity index is 0.000000200. The third-order valence-corrected chi connectivity index (χ3v) is 2.56. The molecule has 2 aromatic rings. The summed E-state index contributed by atoms with van der Waals surface area (Å²) in [5, 5.41) is 0. The van der Waals surface area contributed by atoms with Gasteiger partial charge in [-0.15, -0.1) is 0 Å². The lowest BCUT2D eigenvalue weighted by Gasteiger charge is -1.93. The molecule has 104 valence electrons. The largest absolute Gasteiger partial charge is 0.324 e. The summed E-state index contributed by atoms with van der Waals surface area (Å²) < 4.78 is 0. The molecule has 2 aromatic carbocycles. The monoisotopic (exact) mass is 270 g/mol. The van der Waals surface area contributed by atoms with Crippen molar-refractivity contribution in [3.63, 3.8) is 0 Å². The number of nitrogens with two attached hydrogens (primary N) is 2. The van der Waals surface area contributed by atoms with Gasteiger partial charge in [-0.1, -0.05) is 60.7 Å². The summed E-state index contributed by atoms with van der Waals surface area (Å²) in [5.74, 6) is -0.0267. The first kappa shape index (κ1) is 15.8. The molecular formula is C16H18N2O2. The number of hydrogen-bond donors (Lipinski definition) is 2. The van der Waals surface area contributed by atoms with E-state index in [1.54, 1.807) is 24.3 Å². The maximum atomic E-state index is 10.9. The number of Topliss-reactive ketones (excluding diaryl/α,β-unsaturated/α-hetero) is 2. The van der Waals surface area contributed by atoms with E-state index >= 15 is 0 Å². The SMILES string of the molecule is NCC(=O)c1ccccc1.NCC(=O)c1ccccc1. The molecule has 20 heavy (non-hydrogen) atoms. The molecule has 0 aliphatic carbocycles. The van der Waals surface area contributed by atoms with Crippen LogP contribution < -0.4 is 11.5 Å². The van der Waals surface area contributed by atoms with Crippen molar-refractivity contribution in [3.05, 3.63) is 71.8 Å². The molecule has 0 bridgehead atoms. The molecule has 0 saturated heterocycles. The molecule has 0 fully saturated rings. The predicted molar refractivity (Wildman–Crippen MR) is 79.7 cm³/mol. The number of benzene rings is 2. The highest BCUT2D eigenvalue weighted by atomic mass is 16.1. The Morgan fingerprint density at radius 3 is 1.20 bits per heavy atom. The van der Waals surface area contributed by atoms with E-state index in [0.29, 0.717) is 11.1 Å². The predicted octanol–water partition coefficient (Wildman–Crippen LogP) is 1.66. The molecular weight excluding hydrogens is 252 g/mol. The molecule has 0 heterocycles. The van der Waals surface area contributed by atoms with Gasteiger partial charge in [0, 0.05) is 11.1 Å². The Kier molecular flexibility index (Phi) is 6.89. The van der Waals surface area contributed by atoms with E-state index in [1.807, 2.05) is 36.4 Å². The lowest BCUT2D eigenvalue weighted by atomic mass is 10.1. The highest BCUT2D eigenvalue weighted by Crippen LogP contribution is 1.98. The van der Waals surface area contributed by atoms with Crippen molar-refractivity contribution in [1.29, 1.82) is 0 Å². The summed E-state index contributed by atoms with van der Waals surface area (Å²) in [6, 6.07) is 18.1. The van der Waals surface area contributed by atoms with Gasteiger partial charge in [-0.3, -0.25) is 9.59 Å². The molecule has 0 aromatic heterocycles. The van der Waals surface area contributed by atoms with Gasteiger partial charge < -0.3 is 11.5 Å². The maximum absolute atomic E-state index is 10.9. The molecule has 0 atom stereocenters. The molecule has 0 spiro atoms. The summed E-state index contributed by atoms with van der Waals surface area (Å²) in [6.07, 6.45) is 0. The van der Waals surface area contributed by atoms with Gasteiger partial charge in [0.1, 0.15) is 0 Å². The average Bonchev–Trinajstić information content (AvgIpc) is 2.55. The minimum absolute atomic E-state index is 0.0133. The number of carbonyl (C=O) groups excluding carboxylic acids is 2. The van der Waals surface area contributed by atoms with E-state index in [0.717, 1.165) is 0 Å². The molecule has 0 aliphatic heterocycles. The van der Waals surface area contributed by atoms with Crippen LogP contribution in [0.2, 0.25) is 0 Å². The van der Waals surface area contributed by atoms with Crippen LogP contribution in [0.15, 0.2) is 60.7 Å². The minimum Gasteiger partial charge on any atom is -0.324 e.